The van der Waals surface area contributed by atoms with Gasteiger partial charge in [-0.15, -0.1) is 0 Å². The third-order valence-electron chi connectivity index (χ3n) is 2.29. The number of hydrogen-bond acceptors (Lipinski definition) is 5. The lowest BCUT2D eigenvalue weighted by atomic mass is 10.2. The van der Waals surface area contributed by atoms with Gasteiger partial charge in [0.2, 0.25) is 5.91 Å². The van der Waals surface area contributed by atoms with E-state index >= 15 is 0 Å². The topological polar surface area (TPSA) is 107 Å². The van der Waals surface area contributed by atoms with Gasteiger partial charge < -0.3 is 15.8 Å². The molecular formula is C11H15N3O4. The molecule has 0 saturated carbocycles. The Kier molecular flexibility index (Phi) is 4.75. The summed E-state index contributed by atoms with van der Waals surface area (Å²) in [5, 5.41) is 13.3. The highest BCUT2D eigenvalue weighted by Crippen LogP contribution is 2.25. The molecule has 1 aromatic rings. The Bertz CT molecular complexity index is 462. The van der Waals surface area contributed by atoms with Crippen LogP contribution < -0.4 is 11.1 Å². The van der Waals surface area contributed by atoms with Gasteiger partial charge in [-0.05, 0) is 18.6 Å². The summed E-state index contributed by atoms with van der Waals surface area (Å²) in [6, 6.07) is 3.67. The third-order valence-corrected chi connectivity index (χ3v) is 2.29. The van der Waals surface area contributed by atoms with Crippen molar-refractivity contribution in [2.24, 2.45) is 5.73 Å². The van der Waals surface area contributed by atoms with E-state index in [9.17, 15) is 14.9 Å². The molecule has 98 valence electrons. The van der Waals surface area contributed by atoms with Crippen LogP contribution in [0.4, 0.5) is 11.4 Å². The molecule has 1 unspecified atom stereocenters. The second-order valence-electron chi connectivity index (χ2n) is 3.83. The largest absolute Gasteiger partial charge is 0.383 e. The highest BCUT2D eigenvalue weighted by atomic mass is 16.6. The fraction of sp³-hybridized carbons (Fsp3) is 0.364. The second kappa shape index (κ2) is 6.08. The zero-order chi connectivity index (χ0) is 13.7. The van der Waals surface area contributed by atoms with Crippen LogP contribution in [-0.2, 0) is 9.53 Å². The molecule has 18 heavy (non-hydrogen) atoms. The summed E-state index contributed by atoms with van der Waals surface area (Å²) < 4.78 is 4.74. The molecule has 1 aromatic carbocycles. The summed E-state index contributed by atoms with van der Waals surface area (Å²) in [4.78, 5) is 21.9. The monoisotopic (exact) mass is 253 g/mol. The van der Waals surface area contributed by atoms with E-state index in [4.69, 9.17) is 10.5 Å². The van der Waals surface area contributed by atoms with Crippen LogP contribution in [0.25, 0.3) is 0 Å². The van der Waals surface area contributed by atoms with Gasteiger partial charge in [0.1, 0.15) is 11.7 Å². The summed E-state index contributed by atoms with van der Waals surface area (Å²) >= 11 is 0. The van der Waals surface area contributed by atoms with E-state index in [1.54, 1.807) is 13.0 Å². The summed E-state index contributed by atoms with van der Waals surface area (Å²) in [5.41, 5.74) is 6.23. The van der Waals surface area contributed by atoms with Crippen LogP contribution in [-0.4, -0.2) is 30.6 Å². The molecule has 1 atom stereocenters. The molecule has 0 saturated heterocycles. The number of nitrogens with two attached hydrogens (primary N) is 1. The molecule has 0 aromatic heterocycles. The van der Waals surface area contributed by atoms with Crippen molar-refractivity contribution < 1.29 is 14.5 Å². The van der Waals surface area contributed by atoms with Gasteiger partial charge in [-0.2, -0.15) is 0 Å². The number of nitro groups is 1. The number of carbonyl (C=O) groups excluding carboxylic acids is 1. The Balaban J connectivity index is 2.90. The molecule has 0 aliphatic carbocycles. The minimum Gasteiger partial charge on any atom is -0.383 e. The number of nitrogens with zero attached hydrogens (tertiary/aromatic N) is 1. The Hall–Kier alpha value is -1.99. The van der Waals surface area contributed by atoms with Crippen molar-refractivity contribution >= 4 is 17.3 Å². The summed E-state index contributed by atoms with van der Waals surface area (Å²) in [6.07, 6.45) is 0. The van der Waals surface area contributed by atoms with Crippen LogP contribution >= 0.6 is 0 Å². The van der Waals surface area contributed by atoms with Crippen LogP contribution in [0, 0.1) is 17.0 Å². The Morgan fingerprint density at radius 1 is 1.61 bits per heavy atom. The number of nitrogens with one attached hydrogen (secondary N) is 1. The van der Waals surface area contributed by atoms with Gasteiger partial charge in [0, 0.05) is 13.2 Å². The first-order valence-corrected chi connectivity index (χ1v) is 5.26. The maximum absolute atomic E-state index is 11.6. The molecule has 3 N–H and O–H groups in total. The summed E-state index contributed by atoms with van der Waals surface area (Å²) in [5.74, 6) is -0.524. The van der Waals surface area contributed by atoms with E-state index in [0.29, 0.717) is 0 Å². The first kappa shape index (κ1) is 14.1. The molecule has 0 heterocycles. The molecule has 7 heteroatoms. The average Bonchev–Trinajstić information content (AvgIpc) is 2.31. The van der Waals surface area contributed by atoms with E-state index in [2.05, 4.69) is 5.32 Å². The van der Waals surface area contributed by atoms with E-state index in [-0.39, 0.29) is 18.0 Å². The number of anilines is 1. The van der Waals surface area contributed by atoms with Gasteiger partial charge in [0.15, 0.2) is 0 Å². The van der Waals surface area contributed by atoms with Crippen molar-refractivity contribution in [2.45, 2.75) is 13.0 Å². The van der Waals surface area contributed by atoms with E-state index < -0.39 is 16.9 Å². The Morgan fingerprint density at radius 2 is 2.28 bits per heavy atom. The third kappa shape index (κ3) is 3.51. The number of ether oxygens (including phenoxy) is 1. The maximum atomic E-state index is 11.6. The van der Waals surface area contributed by atoms with Gasteiger partial charge in [-0.25, -0.2) is 0 Å². The van der Waals surface area contributed by atoms with Crippen molar-refractivity contribution in [2.75, 3.05) is 19.0 Å². The normalized spacial score (nSPS) is 11.9. The molecule has 0 radical (unpaired) electrons. The zero-order valence-electron chi connectivity index (χ0n) is 10.2. The van der Waals surface area contributed by atoms with Crippen LogP contribution in [0.5, 0.6) is 0 Å². The van der Waals surface area contributed by atoms with Crippen LogP contribution in [0.2, 0.25) is 0 Å². The lowest BCUT2D eigenvalue weighted by Crippen LogP contribution is -2.39. The number of benzene rings is 1. The maximum Gasteiger partial charge on any atom is 0.293 e. The molecule has 1 rings (SSSR count). The number of carbonyl (C=O) groups is 1. The first-order valence-electron chi connectivity index (χ1n) is 5.26. The number of aryl methyl sites for hydroxylation is 1. The fourth-order valence-corrected chi connectivity index (χ4v) is 1.38. The lowest BCUT2D eigenvalue weighted by molar-refractivity contribution is -0.384. The standard InChI is InChI=1S/C11H15N3O4/c1-7-3-4-9(10(5-7)14(16)17)13-11(15)8(12)6-18-2/h3-5,8H,6,12H2,1-2H3,(H,13,15). The second-order valence-corrected chi connectivity index (χ2v) is 3.83. The van der Waals surface area contributed by atoms with Crippen molar-refractivity contribution in [3.8, 4) is 0 Å². The Labute approximate surface area is 104 Å². The van der Waals surface area contributed by atoms with Crippen molar-refractivity contribution in [3.05, 3.63) is 33.9 Å². The summed E-state index contributed by atoms with van der Waals surface area (Å²) in [6.45, 7) is 1.78. The fourth-order valence-electron chi connectivity index (χ4n) is 1.38. The van der Waals surface area contributed by atoms with Crippen LogP contribution in [0.1, 0.15) is 5.56 Å². The number of methoxy groups -OCH3 is 1. The lowest BCUT2D eigenvalue weighted by Gasteiger charge is -2.11. The van der Waals surface area contributed by atoms with Gasteiger partial charge in [0.25, 0.3) is 5.69 Å². The highest BCUT2D eigenvalue weighted by Gasteiger charge is 2.19. The van der Waals surface area contributed by atoms with Gasteiger partial charge in [-0.3, -0.25) is 14.9 Å². The number of rotatable bonds is 5. The zero-order valence-corrected chi connectivity index (χ0v) is 10.2. The van der Waals surface area contributed by atoms with Crippen molar-refractivity contribution in [1.29, 1.82) is 0 Å². The van der Waals surface area contributed by atoms with E-state index in [0.717, 1.165) is 5.56 Å². The molecule has 0 spiro atoms. The summed E-state index contributed by atoms with van der Waals surface area (Å²) in [7, 11) is 1.42. The predicted molar refractivity (Wildman–Crippen MR) is 66.3 cm³/mol. The molecule has 0 aliphatic rings. The number of hydrogen-bond donors (Lipinski definition) is 2. The van der Waals surface area contributed by atoms with E-state index in [1.807, 2.05) is 0 Å². The molecule has 7 nitrogen and oxygen atoms in total. The molecule has 0 bridgehead atoms. The number of amides is 1. The predicted octanol–water partition coefficient (Wildman–Crippen LogP) is 0.815. The highest BCUT2D eigenvalue weighted by molar-refractivity contribution is 5.96. The van der Waals surface area contributed by atoms with E-state index in [1.165, 1.54) is 19.2 Å². The Morgan fingerprint density at radius 3 is 2.83 bits per heavy atom. The SMILES string of the molecule is COCC(N)C(=O)Nc1ccc(C)cc1[N+](=O)[O-]. The van der Waals surface area contributed by atoms with Gasteiger partial charge in [0.05, 0.1) is 11.5 Å². The number of nitro benzene ring substituents is 1. The average molecular weight is 253 g/mol. The van der Waals surface area contributed by atoms with Crippen molar-refractivity contribution in [1.82, 2.24) is 0 Å². The van der Waals surface area contributed by atoms with Crippen LogP contribution in [0.15, 0.2) is 18.2 Å². The first-order chi connectivity index (χ1) is 8.45. The smallest absolute Gasteiger partial charge is 0.293 e. The molecule has 0 aliphatic heterocycles. The van der Waals surface area contributed by atoms with Gasteiger partial charge >= 0.3 is 0 Å². The molecule has 0 fully saturated rings. The minimum absolute atomic E-state index is 0.0471. The van der Waals surface area contributed by atoms with Gasteiger partial charge in [-0.1, -0.05) is 6.07 Å². The molecule has 1 amide bonds. The van der Waals surface area contributed by atoms with Crippen LogP contribution in [0.3, 0.4) is 0 Å². The quantitative estimate of drug-likeness (QED) is 0.596. The minimum atomic E-state index is -0.865. The molecular weight excluding hydrogens is 238 g/mol. The van der Waals surface area contributed by atoms with Crippen molar-refractivity contribution in [3.63, 3.8) is 0 Å².